The van der Waals surface area contributed by atoms with Crippen molar-refractivity contribution in [3.63, 3.8) is 0 Å². The SMILES string of the molecule is CC(C)(O)C#Cc1ncnc(N2CCC(C=O)CC2)n1. The first-order chi connectivity index (χ1) is 9.48. The summed E-state index contributed by atoms with van der Waals surface area (Å²) in [6.07, 6.45) is 4.08. The summed E-state index contributed by atoms with van der Waals surface area (Å²) in [5.74, 6) is 6.47. The van der Waals surface area contributed by atoms with Crippen LogP contribution >= 0.6 is 0 Å². The van der Waals surface area contributed by atoms with Gasteiger partial charge in [-0.2, -0.15) is 4.98 Å². The Morgan fingerprint density at radius 3 is 2.70 bits per heavy atom. The molecular formula is C14H18N4O2. The second-order valence-corrected chi connectivity index (χ2v) is 5.38. The molecule has 0 bridgehead atoms. The van der Waals surface area contributed by atoms with E-state index >= 15 is 0 Å². The van der Waals surface area contributed by atoms with Crippen molar-refractivity contribution in [1.82, 2.24) is 15.0 Å². The van der Waals surface area contributed by atoms with Crippen LogP contribution in [0.5, 0.6) is 0 Å². The van der Waals surface area contributed by atoms with Crippen molar-refractivity contribution in [3.8, 4) is 11.8 Å². The van der Waals surface area contributed by atoms with Gasteiger partial charge in [-0.25, -0.2) is 9.97 Å². The first-order valence-corrected chi connectivity index (χ1v) is 6.63. The minimum Gasteiger partial charge on any atom is -0.378 e. The molecule has 0 aliphatic carbocycles. The van der Waals surface area contributed by atoms with E-state index in [1.54, 1.807) is 13.8 Å². The Balaban J connectivity index is 2.10. The lowest BCUT2D eigenvalue weighted by Gasteiger charge is -2.29. The monoisotopic (exact) mass is 274 g/mol. The van der Waals surface area contributed by atoms with E-state index in [0.29, 0.717) is 11.8 Å². The van der Waals surface area contributed by atoms with Crippen LogP contribution in [0.25, 0.3) is 0 Å². The van der Waals surface area contributed by atoms with Crippen LogP contribution in [0.4, 0.5) is 5.95 Å². The smallest absolute Gasteiger partial charge is 0.229 e. The Kier molecular flexibility index (Phi) is 4.30. The molecule has 6 nitrogen and oxygen atoms in total. The van der Waals surface area contributed by atoms with Crippen LogP contribution in [-0.4, -0.2) is 45.0 Å². The van der Waals surface area contributed by atoms with E-state index in [1.807, 2.05) is 4.90 Å². The number of anilines is 1. The molecule has 20 heavy (non-hydrogen) atoms. The van der Waals surface area contributed by atoms with Gasteiger partial charge in [0.05, 0.1) is 0 Å². The zero-order valence-electron chi connectivity index (χ0n) is 11.7. The van der Waals surface area contributed by atoms with Crippen LogP contribution in [0.2, 0.25) is 0 Å². The highest BCUT2D eigenvalue weighted by molar-refractivity contribution is 5.54. The molecule has 0 unspecified atom stereocenters. The summed E-state index contributed by atoms with van der Waals surface area (Å²) in [6, 6.07) is 0. The van der Waals surface area contributed by atoms with Gasteiger partial charge in [-0.05, 0) is 32.6 Å². The predicted molar refractivity (Wildman–Crippen MR) is 74.0 cm³/mol. The average molecular weight is 274 g/mol. The van der Waals surface area contributed by atoms with Crippen LogP contribution < -0.4 is 4.90 Å². The second kappa shape index (κ2) is 5.97. The van der Waals surface area contributed by atoms with E-state index in [1.165, 1.54) is 6.33 Å². The number of hydrogen-bond donors (Lipinski definition) is 1. The number of carbonyl (C=O) groups is 1. The van der Waals surface area contributed by atoms with Crippen LogP contribution in [0.1, 0.15) is 32.5 Å². The van der Waals surface area contributed by atoms with Crippen LogP contribution in [0.3, 0.4) is 0 Å². The molecule has 1 aliphatic heterocycles. The molecule has 2 heterocycles. The zero-order chi connectivity index (χ0) is 14.6. The highest BCUT2D eigenvalue weighted by atomic mass is 16.3. The molecule has 106 valence electrons. The molecular weight excluding hydrogens is 256 g/mol. The zero-order valence-corrected chi connectivity index (χ0v) is 11.7. The van der Waals surface area contributed by atoms with E-state index in [9.17, 15) is 9.90 Å². The van der Waals surface area contributed by atoms with Gasteiger partial charge in [0.25, 0.3) is 0 Å². The van der Waals surface area contributed by atoms with E-state index < -0.39 is 5.60 Å². The molecule has 1 fully saturated rings. The number of rotatable bonds is 2. The van der Waals surface area contributed by atoms with E-state index in [2.05, 4.69) is 26.8 Å². The number of aliphatic hydroxyl groups is 1. The standard InChI is InChI=1S/C14H18N4O2/c1-14(2,20)6-3-12-15-10-16-13(17-12)18-7-4-11(9-19)5-8-18/h9-11,20H,4-5,7-8H2,1-2H3. The summed E-state index contributed by atoms with van der Waals surface area (Å²) in [5, 5.41) is 9.57. The minimum absolute atomic E-state index is 0.141. The second-order valence-electron chi connectivity index (χ2n) is 5.38. The van der Waals surface area contributed by atoms with Gasteiger partial charge >= 0.3 is 0 Å². The van der Waals surface area contributed by atoms with Gasteiger partial charge in [0.15, 0.2) is 0 Å². The van der Waals surface area contributed by atoms with Crippen molar-refractivity contribution in [3.05, 3.63) is 12.2 Å². The van der Waals surface area contributed by atoms with E-state index in [0.717, 1.165) is 32.2 Å². The molecule has 1 aliphatic rings. The Bertz CT molecular complexity index is 534. The number of carbonyl (C=O) groups excluding carboxylic acids is 1. The Morgan fingerprint density at radius 2 is 2.10 bits per heavy atom. The van der Waals surface area contributed by atoms with E-state index in [-0.39, 0.29) is 5.92 Å². The maximum atomic E-state index is 10.7. The van der Waals surface area contributed by atoms with Crippen molar-refractivity contribution in [2.24, 2.45) is 5.92 Å². The van der Waals surface area contributed by atoms with Gasteiger partial charge in [0.1, 0.15) is 18.2 Å². The quantitative estimate of drug-likeness (QED) is 0.621. The van der Waals surface area contributed by atoms with Crippen molar-refractivity contribution in [1.29, 1.82) is 0 Å². The van der Waals surface area contributed by atoms with Crippen molar-refractivity contribution in [2.75, 3.05) is 18.0 Å². The molecule has 2 rings (SSSR count). The van der Waals surface area contributed by atoms with Gasteiger partial charge in [-0.15, -0.1) is 0 Å². The molecule has 0 saturated carbocycles. The van der Waals surface area contributed by atoms with Gasteiger partial charge in [-0.1, -0.05) is 5.92 Å². The predicted octanol–water partition coefficient (Wildman–Crippen LogP) is 0.409. The lowest BCUT2D eigenvalue weighted by molar-refractivity contribution is -0.111. The number of hydrogen-bond acceptors (Lipinski definition) is 6. The van der Waals surface area contributed by atoms with E-state index in [4.69, 9.17) is 0 Å². The van der Waals surface area contributed by atoms with Crippen molar-refractivity contribution in [2.45, 2.75) is 32.3 Å². The normalized spacial score (nSPS) is 16.4. The van der Waals surface area contributed by atoms with Gasteiger partial charge in [0, 0.05) is 19.0 Å². The summed E-state index contributed by atoms with van der Waals surface area (Å²) in [7, 11) is 0. The molecule has 1 aromatic rings. The minimum atomic E-state index is -1.07. The van der Waals surface area contributed by atoms with Gasteiger partial charge < -0.3 is 14.8 Å². The fourth-order valence-electron chi connectivity index (χ4n) is 1.94. The molecule has 1 N–H and O–H groups in total. The number of piperidine rings is 1. The third-order valence-electron chi connectivity index (χ3n) is 3.05. The van der Waals surface area contributed by atoms with Gasteiger partial charge in [-0.3, -0.25) is 0 Å². The maximum Gasteiger partial charge on any atom is 0.229 e. The van der Waals surface area contributed by atoms with Crippen LogP contribution in [-0.2, 0) is 4.79 Å². The van der Waals surface area contributed by atoms with Crippen molar-refractivity contribution >= 4 is 12.2 Å². The molecule has 1 aromatic heterocycles. The molecule has 0 spiro atoms. The topological polar surface area (TPSA) is 79.2 Å². The fraction of sp³-hybridized carbons (Fsp3) is 0.571. The molecule has 6 heteroatoms. The number of aldehydes is 1. The van der Waals surface area contributed by atoms with Crippen molar-refractivity contribution < 1.29 is 9.90 Å². The maximum absolute atomic E-state index is 10.7. The molecule has 0 amide bonds. The number of aromatic nitrogens is 3. The number of nitrogens with zero attached hydrogens (tertiary/aromatic N) is 4. The summed E-state index contributed by atoms with van der Waals surface area (Å²) in [4.78, 5) is 25.2. The van der Waals surface area contributed by atoms with Crippen LogP contribution in [0.15, 0.2) is 6.33 Å². The summed E-state index contributed by atoms with van der Waals surface area (Å²) < 4.78 is 0. The lowest BCUT2D eigenvalue weighted by Crippen LogP contribution is -2.35. The molecule has 0 radical (unpaired) electrons. The van der Waals surface area contributed by atoms with Gasteiger partial charge in [0.2, 0.25) is 11.8 Å². The Hall–Kier alpha value is -2.00. The third-order valence-corrected chi connectivity index (χ3v) is 3.05. The summed E-state index contributed by atoms with van der Waals surface area (Å²) in [5.41, 5.74) is -1.07. The Labute approximate surface area is 118 Å². The molecule has 1 saturated heterocycles. The first-order valence-electron chi connectivity index (χ1n) is 6.63. The highest BCUT2D eigenvalue weighted by Crippen LogP contribution is 2.18. The molecule has 0 aromatic carbocycles. The summed E-state index contributed by atoms with van der Waals surface area (Å²) in [6.45, 7) is 4.72. The average Bonchev–Trinajstić information content (AvgIpc) is 2.45. The fourth-order valence-corrected chi connectivity index (χ4v) is 1.94. The Morgan fingerprint density at radius 1 is 1.40 bits per heavy atom. The van der Waals surface area contributed by atoms with Crippen LogP contribution in [0, 0.1) is 17.8 Å². The summed E-state index contributed by atoms with van der Waals surface area (Å²) >= 11 is 0. The largest absolute Gasteiger partial charge is 0.378 e. The molecule has 0 atom stereocenters. The third kappa shape index (κ3) is 4.00. The highest BCUT2D eigenvalue weighted by Gasteiger charge is 2.20. The first kappa shape index (κ1) is 14.4. The lowest BCUT2D eigenvalue weighted by atomic mass is 9.99.